The van der Waals surface area contributed by atoms with Gasteiger partial charge in [0.2, 0.25) is 5.91 Å². The summed E-state index contributed by atoms with van der Waals surface area (Å²) in [7, 11) is 0. The van der Waals surface area contributed by atoms with E-state index in [1.807, 2.05) is 26.0 Å². The van der Waals surface area contributed by atoms with Gasteiger partial charge in [0, 0.05) is 12.1 Å². The molecule has 1 aromatic rings. The highest BCUT2D eigenvalue weighted by Gasteiger charge is 2.39. The third-order valence-electron chi connectivity index (χ3n) is 4.40. The Morgan fingerprint density at radius 1 is 1.23 bits per heavy atom. The zero-order chi connectivity index (χ0) is 15.9. The number of carbonyl (C=O) groups excluding carboxylic acids is 1. The van der Waals surface area contributed by atoms with Crippen LogP contribution in [-0.4, -0.2) is 54.3 Å². The fourth-order valence-corrected chi connectivity index (χ4v) is 2.95. The van der Waals surface area contributed by atoms with Gasteiger partial charge in [0.15, 0.2) is 6.04 Å². The quantitative estimate of drug-likeness (QED) is 0.885. The van der Waals surface area contributed by atoms with Gasteiger partial charge in [-0.1, -0.05) is 6.07 Å². The molecular weight excluding hydrogens is 286 g/mol. The first-order valence-corrected chi connectivity index (χ1v) is 7.34. The monoisotopic (exact) mass is 305 g/mol. The standard InChI is InChI=1S/C16H19NO5/c1-9-5-11-12(7-22-14(11)6-10(9)2)15(18)17-3-4-21-8-13(17)16(19)20/h5-6,12-13H,3-4,7-8H2,1-2H3,(H,19,20)/t12-,13+/m1/s1. The van der Waals surface area contributed by atoms with E-state index in [-0.39, 0.29) is 19.1 Å². The minimum Gasteiger partial charge on any atom is -0.492 e. The van der Waals surface area contributed by atoms with Crippen LogP contribution in [0.2, 0.25) is 0 Å². The second-order valence-corrected chi connectivity index (χ2v) is 5.80. The summed E-state index contributed by atoms with van der Waals surface area (Å²) in [5.74, 6) is -0.944. The molecule has 2 atom stereocenters. The molecule has 0 bridgehead atoms. The van der Waals surface area contributed by atoms with Crippen molar-refractivity contribution >= 4 is 11.9 Å². The van der Waals surface area contributed by atoms with E-state index in [0.29, 0.717) is 13.2 Å². The molecule has 0 unspecified atom stereocenters. The number of hydrogen-bond donors (Lipinski definition) is 1. The Bertz CT molecular complexity index is 627. The van der Waals surface area contributed by atoms with Crippen LogP contribution in [-0.2, 0) is 14.3 Å². The van der Waals surface area contributed by atoms with Gasteiger partial charge in [-0.05, 0) is 31.0 Å². The number of nitrogens with zero attached hydrogens (tertiary/aromatic N) is 1. The number of hydrogen-bond acceptors (Lipinski definition) is 4. The topological polar surface area (TPSA) is 76.1 Å². The number of ether oxygens (including phenoxy) is 2. The van der Waals surface area contributed by atoms with Crippen LogP contribution in [0.3, 0.4) is 0 Å². The number of carboxylic acids is 1. The summed E-state index contributed by atoms with van der Waals surface area (Å²) in [6, 6.07) is 2.99. The maximum atomic E-state index is 12.8. The van der Waals surface area contributed by atoms with Crippen molar-refractivity contribution in [3.8, 4) is 5.75 Å². The molecule has 6 heteroatoms. The summed E-state index contributed by atoms with van der Waals surface area (Å²) < 4.78 is 10.8. The Hall–Kier alpha value is -2.08. The second-order valence-electron chi connectivity index (χ2n) is 5.80. The van der Waals surface area contributed by atoms with Crippen LogP contribution < -0.4 is 4.74 Å². The first-order valence-electron chi connectivity index (χ1n) is 7.34. The van der Waals surface area contributed by atoms with Gasteiger partial charge in [-0.2, -0.15) is 0 Å². The largest absolute Gasteiger partial charge is 0.492 e. The highest BCUT2D eigenvalue weighted by atomic mass is 16.5. The third-order valence-corrected chi connectivity index (χ3v) is 4.40. The van der Waals surface area contributed by atoms with Crippen molar-refractivity contribution in [1.82, 2.24) is 4.90 Å². The van der Waals surface area contributed by atoms with Gasteiger partial charge in [-0.15, -0.1) is 0 Å². The van der Waals surface area contributed by atoms with Gasteiger partial charge in [0.05, 0.1) is 13.2 Å². The number of fused-ring (bicyclic) bond motifs is 1. The maximum Gasteiger partial charge on any atom is 0.328 e. The molecule has 2 aliphatic rings. The van der Waals surface area contributed by atoms with Crippen LogP contribution >= 0.6 is 0 Å². The summed E-state index contributed by atoms with van der Waals surface area (Å²) in [6.45, 7) is 4.95. The lowest BCUT2D eigenvalue weighted by Gasteiger charge is -2.34. The van der Waals surface area contributed by atoms with Gasteiger partial charge >= 0.3 is 5.97 Å². The van der Waals surface area contributed by atoms with Crippen molar-refractivity contribution in [2.24, 2.45) is 0 Å². The molecule has 1 N–H and O–H groups in total. The Kier molecular flexibility index (Phi) is 3.78. The molecule has 2 heterocycles. The highest BCUT2D eigenvalue weighted by Crippen LogP contribution is 2.37. The molecule has 118 valence electrons. The molecule has 0 aromatic heterocycles. The smallest absolute Gasteiger partial charge is 0.328 e. The van der Waals surface area contributed by atoms with Crippen LogP contribution in [0.15, 0.2) is 12.1 Å². The van der Waals surface area contributed by atoms with E-state index in [4.69, 9.17) is 9.47 Å². The number of amides is 1. The third kappa shape index (κ3) is 2.43. The number of carboxylic acid groups (broad SMARTS) is 1. The van der Waals surface area contributed by atoms with E-state index in [1.165, 1.54) is 4.90 Å². The fourth-order valence-electron chi connectivity index (χ4n) is 2.95. The molecule has 0 saturated carbocycles. The molecule has 2 aliphatic heterocycles. The van der Waals surface area contributed by atoms with Crippen LogP contribution in [0, 0.1) is 13.8 Å². The minimum atomic E-state index is -1.03. The average molecular weight is 305 g/mol. The molecule has 6 nitrogen and oxygen atoms in total. The van der Waals surface area contributed by atoms with Gasteiger partial charge in [0.25, 0.3) is 0 Å². The van der Waals surface area contributed by atoms with Gasteiger partial charge in [-0.3, -0.25) is 4.79 Å². The molecule has 1 saturated heterocycles. The van der Waals surface area contributed by atoms with E-state index in [2.05, 4.69) is 0 Å². The Morgan fingerprint density at radius 3 is 2.68 bits per heavy atom. The predicted molar refractivity (Wildman–Crippen MR) is 78.1 cm³/mol. The molecule has 22 heavy (non-hydrogen) atoms. The normalized spacial score (nSPS) is 23.8. The lowest BCUT2D eigenvalue weighted by molar-refractivity contribution is -0.159. The van der Waals surface area contributed by atoms with E-state index in [0.717, 1.165) is 22.4 Å². The van der Waals surface area contributed by atoms with E-state index in [1.54, 1.807) is 0 Å². The van der Waals surface area contributed by atoms with Gasteiger partial charge < -0.3 is 19.5 Å². The van der Waals surface area contributed by atoms with E-state index < -0.39 is 17.9 Å². The first kappa shape index (κ1) is 14.8. The Labute approximate surface area is 128 Å². The predicted octanol–water partition coefficient (Wildman–Crippen LogP) is 1.09. The zero-order valence-electron chi connectivity index (χ0n) is 12.7. The molecule has 1 aromatic carbocycles. The summed E-state index contributed by atoms with van der Waals surface area (Å²) in [5.41, 5.74) is 3.06. The lowest BCUT2D eigenvalue weighted by atomic mass is 9.95. The molecule has 3 rings (SSSR count). The van der Waals surface area contributed by atoms with Crippen LogP contribution in [0.4, 0.5) is 0 Å². The van der Waals surface area contributed by atoms with Crippen LogP contribution in [0.1, 0.15) is 22.6 Å². The number of rotatable bonds is 2. The molecule has 0 aliphatic carbocycles. The average Bonchev–Trinajstić information content (AvgIpc) is 2.89. The molecule has 0 radical (unpaired) electrons. The Morgan fingerprint density at radius 2 is 1.95 bits per heavy atom. The second kappa shape index (κ2) is 5.61. The summed E-state index contributed by atoms with van der Waals surface area (Å²) in [5, 5.41) is 9.27. The van der Waals surface area contributed by atoms with Crippen molar-refractivity contribution in [3.05, 3.63) is 28.8 Å². The van der Waals surface area contributed by atoms with Gasteiger partial charge in [-0.25, -0.2) is 4.79 Å². The van der Waals surface area contributed by atoms with E-state index >= 15 is 0 Å². The number of aryl methyl sites for hydroxylation is 2. The maximum absolute atomic E-state index is 12.8. The molecular formula is C16H19NO5. The van der Waals surface area contributed by atoms with Gasteiger partial charge in [0.1, 0.15) is 18.3 Å². The van der Waals surface area contributed by atoms with Crippen LogP contribution in [0.25, 0.3) is 0 Å². The molecule has 0 spiro atoms. The lowest BCUT2D eigenvalue weighted by Crippen LogP contribution is -2.54. The summed E-state index contributed by atoms with van der Waals surface area (Å²) in [4.78, 5) is 25.5. The SMILES string of the molecule is Cc1cc2c(cc1C)[C@H](C(=O)N1CCOC[C@H]1C(=O)O)CO2. The van der Waals surface area contributed by atoms with Crippen molar-refractivity contribution < 1.29 is 24.2 Å². The number of aliphatic carboxylic acids is 1. The molecule has 1 fully saturated rings. The van der Waals surface area contributed by atoms with E-state index in [9.17, 15) is 14.7 Å². The minimum absolute atomic E-state index is 0.0361. The van der Waals surface area contributed by atoms with Crippen LogP contribution in [0.5, 0.6) is 5.75 Å². The summed E-state index contributed by atoms with van der Waals surface area (Å²) in [6.07, 6.45) is 0. The molecule has 1 amide bonds. The Balaban J connectivity index is 1.88. The number of carbonyl (C=O) groups is 2. The summed E-state index contributed by atoms with van der Waals surface area (Å²) >= 11 is 0. The van der Waals surface area contributed by atoms with Crippen molar-refractivity contribution in [1.29, 1.82) is 0 Å². The fraction of sp³-hybridized carbons (Fsp3) is 0.500. The van der Waals surface area contributed by atoms with Crippen molar-refractivity contribution in [2.45, 2.75) is 25.8 Å². The number of morpholine rings is 1. The van der Waals surface area contributed by atoms with Crippen molar-refractivity contribution in [2.75, 3.05) is 26.4 Å². The first-order chi connectivity index (χ1) is 10.5. The number of benzene rings is 1. The zero-order valence-corrected chi connectivity index (χ0v) is 12.7. The highest BCUT2D eigenvalue weighted by molar-refractivity contribution is 5.89. The van der Waals surface area contributed by atoms with Crippen molar-refractivity contribution in [3.63, 3.8) is 0 Å².